The van der Waals surface area contributed by atoms with Crippen LogP contribution >= 0.6 is 0 Å². The Morgan fingerprint density at radius 2 is 1.09 bits per heavy atom. The van der Waals surface area contributed by atoms with Gasteiger partial charge < -0.3 is 10.4 Å². The topological polar surface area (TPSA) is 153 Å². The van der Waals surface area contributed by atoms with Gasteiger partial charge in [-0.25, -0.2) is 0 Å². The van der Waals surface area contributed by atoms with E-state index in [4.69, 9.17) is 30.6 Å². The summed E-state index contributed by atoms with van der Waals surface area (Å²) in [6.07, 6.45) is 3.60. The van der Waals surface area contributed by atoms with Crippen LogP contribution < -0.4 is 0 Å². The average molecular weight is 507 g/mol. The molecule has 0 amide bonds. The second-order valence-corrected chi connectivity index (χ2v) is 3.69. The Morgan fingerprint density at radius 1 is 0.783 bits per heavy atom. The van der Waals surface area contributed by atoms with Crippen LogP contribution in [0.4, 0.5) is 0 Å². The fourth-order valence-electron chi connectivity index (χ4n) is 1.68. The molecule has 0 spiro atoms. The average Bonchev–Trinajstić information content (AvgIpc) is 2.46. The number of nitrogens with zero attached hydrogens (tertiary/aromatic N) is 4. The molecule has 0 aliphatic heterocycles. The molecule has 0 bridgehead atoms. The van der Waals surface area contributed by atoms with Crippen molar-refractivity contribution in [1.29, 1.82) is 0 Å². The van der Waals surface area contributed by atoms with Crippen LogP contribution in [0.15, 0.2) is 48.8 Å². The largest absolute Gasteiger partial charge is 0.328 e. The van der Waals surface area contributed by atoms with Crippen molar-refractivity contribution >= 4 is 21.8 Å². The Hall–Kier alpha value is -2.62. The zero-order valence-corrected chi connectivity index (χ0v) is 17.1. The summed E-state index contributed by atoms with van der Waals surface area (Å²) in [5, 5.41) is 29.6. The summed E-state index contributed by atoms with van der Waals surface area (Å²) in [6, 6.07) is 12.1. The maximum atomic E-state index is 8.36. The van der Waals surface area contributed by atoms with E-state index < -0.39 is 10.2 Å². The van der Waals surface area contributed by atoms with E-state index in [9.17, 15) is 0 Å². The number of rotatable bonds is 0. The molecule has 11 heteroatoms. The Labute approximate surface area is 149 Å². The van der Waals surface area contributed by atoms with Crippen LogP contribution in [0.25, 0.3) is 21.8 Å². The van der Waals surface area contributed by atoms with E-state index in [1.165, 1.54) is 0 Å². The molecule has 0 radical (unpaired) electrons. The number of aromatic nitrogens is 2. The first-order chi connectivity index (χ1) is 10.4. The molecule has 2 N–H and O–H groups in total. The maximum absolute atomic E-state index is 8.36. The molecule has 3 aromatic rings. The minimum Gasteiger partial charge on any atom is -0.328 e. The van der Waals surface area contributed by atoms with Gasteiger partial charge in [0.2, 0.25) is 0 Å². The number of fused-ring (bicyclic) bond motifs is 3. The molecular weight excluding hydrogens is 497 g/mol. The predicted molar refractivity (Wildman–Crippen MR) is 74.6 cm³/mol. The van der Waals surface area contributed by atoms with Gasteiger partial charge in [-0.2, -0.15) is 0 Å². The number of hydrogen-bond acceptors (Lipinski definition) is 6. The van der Waals surface area contributed by atoms with Gasteiger partial charge >= 0.3 is 0 Å². The van der Waals surface area contributed by atoms with Crippen LogP contribution in [-0.4, -0.2) is 30.6 Å². The van der Waals surface area contributed by atoms with Crippen LogP contribution in [0.3, 0.4) is 0 Å². The minimum absolute atomic E-state index is 0. The monoisotopic (exact) mass is 508 g/mol. The predicted octanol–water partition coefficient (Wildman–Crippen LogP) is 2.09. The van der Waals surface area contributed by atoms with E-state index in [0.717, 1.165) is 21.8 Å². The quantitative estimate of drug-likeness (QED) is 0.203. The van der Waals surface area contributed by atoms with Gasteiger partial charge in [0.05, 0.1) is 11.0 Å². The van der Waals surface area contributed by atoms with Gasteiger partial charge in [-0.3, -0.25) is 9.97 Å². The summed E-state index contributed by atoms with van der Waals surface area (Å²) in [7, 11) is 0. The second kappa shape index (κ2) is 10.2. The molecule has 0 aliphatic rings. The van der Waals surface area contributed by atoms with Crippen molar-refractivity contribution in [3.63, 3.8) is 0 Å². The van der Waals surface area contributed by atoms with Crippen LogP contribution in [0, 0.1) is 20.2 Å². The molecular formula is C12H10HgN4O6. The smallest absolute Gasteiger partial charge is 0.291 e. The number of pyridine rings is 2. The second-order valence-electron chi connectivity index (χ2n) is 3.69. The van der Waals surface area contributed by atoms with Crippen molar-refractivity contribution in [3.05, 3.63) is 69.0 Å². The van der Waals surface area contributed by atoms with E-state index >= 15 is 0 Å². The molecule has 0 saturated heterocycles. The fraction of sp³-hybridized carbons (Fsp3) is 0. The Balaban J connectivity index is 0.000000461. The van der Waals surface area contributed by atoms with Crippen molar-refractivity contribution in [2.24, 2.45) is 0 Å². The third-order valence-corrected chi connectivity index (χ3v) is 2.34. The van der Waals surface area contributed by atoms with E-state index in [1.54, 1.807) is 12.4 Å². The van der Waals surface area contributed by atoms with Gasteiger partial charge in [0, 0.05) is 50.8 Å². The standard InChI is InChI=1S/C12H8N2.Hg.2HNO3/c1-3-9-5-6-10-4-2-8-14-12(10)11(9)13-7-1;;2*2-1(3)4/h1-8H;;2*(H,2,3,4). The summed E-state index contributed by atoms with van der Waals surface area (Å²) in [6.45, 7) is 0. The van der Waals surface area contributed by atoms with Crippen molar-refractivity contribution in [3.8, 4) is 0 Å². The van der Waals surface area contributed by atoms with Crippen LogP contribution in [0.2, 0.25) is 0 Å². The minimum atomic E-state index is -1.50. The van der Waals surface area contributed by atoms with Gasteiger partial charge in [-0.1, -0.05) is 24.3 Å². The third kappa shape index (κ3) is 7.26. The molecule has 0 saturated carbocycles. The van der Waals surface area contributed by atoms with E-state index in [2.05, 4.69) is 34.2 Å². The summed E-state index contributed by atoms with van der Waals surface area (Å²) < 4.78 is 0. The molecule has 2 heterocycles. The summed E-state index contributed by atoms with van der Waals surface area (Å²) in [5.74, 6) is 0. The van der Waals surface area contributed by atoms with E-state index in [1.807, 2.05) is 12.1 Å². The molecule has 2 aromatic heterocycles. The zero-order chi connectivity index (χ0) is 16.5. The Bertz CT molecular complexity index is 726. The summed E-state index contributed by atoms with van der Waals surface area (Å²) >= 11 is 0. The molecule has 0 atom stereocenters. The Morgan fingerprint density at radius 3 is 1.39 bits per heavy atom. The normalized spacial score (nSPS) is 8.70. The fourth-order valence-corrected chi connectivity index (χ4v) is 1.68. The molecule has 3 rings (SSSR count). The first-order valence-corrected chi connectivity index (χ1v) is 5.67. The van der Waals surface area contributed by atoms with Crippen LogP contribution in [0.1, 0.15) is 0 Å². The van der Waals surface area contributed by atoms with Gasteiger partial charge in [-0.15, -0.1) is 20.2 Å². The third-order valence-electron chi connectivity index (χ3n) is 2.34. The van der Waals surface area contributed by atoms with E-state index in [0.29, 0.717) is 0 Å². The van der Waals surface area contributed by atoms with Gasteiger partial charge in [-0.05, 0) is 12.1 Å². The number of hydrogen-bond donors (Lipinski definition) is 2. The van der Waals surface area contributed by atoms with Crippen molar-refractivity contribution in [2.75, 3.05) is 0 Å². The first kappa shape index (κ1) is 20.4. The maximum Gasteiger partial charge on any atom is 0.291 e. The molecule has 10 nitrogen and oxygen atoms in total. The number of benzene rings is 1. The molecule has 1 aromatic carbocycles. The van der Waals surface area contributed by atoms with Crippen molar-refractivity contribution < 1.29 is 48.3 Å². The van der Waals surface area contributed by atoms with Gasteiger partial charge in [0.1, 0.15) is 0 Å². The van der Waals surface area contributed by atoms with Crippen LogP contribution in [0.5, 0.6) is 0 Å². The molecule has 0 aliphatic carbocycles. The summed E-state index contributed by atoms with van der Waals surface area (Å²) in [4.78, 5) is 25.4. The zero-order valence-electron chi connectivity index (χ0n) is 11.6. The first-order valence-electron chi connectivity index (χ1n) is 5.67. The SMILES string of the molecule is O=[N+]([O-])O.O=[N+]([O-])O.[Hg].c1cnc2c(c1)ccc1cccnc12. The molecule has 116 valence electrons. The van der Waals surface area contributed by atoms with Crippen LogP contribution in [-0.2, 0) is 27.7 Å². The Kier molecular flexibility index (Phi) is 9.00. The van der Waals surface area contributed by atoms with Crippen molar-refractivity contribution in [1.82, 2.24) is 9.97 Å². The van der Waals surface area contributed by atoms with E-state index in [-0.39, 0.29) is 27.7 Å². The molecule has 0 unspecified atom stereocenters. The van der Waals surface area contributed by atoms with Gasteiger partial charge in [0.25, 0.3) is 10.2 Å². The summed E-state index contributed by atoms with van der Waals surface area (Å²) in [5.41, 5.74) is 1.95. The molecule has 23 heavy (non-hydrogen) atoms. The molecule has 0 fully saturated rings. The van der Waals surface area contributed by atoms with Crippen molar-refractivity contribution in [2.45, 2.75) is 0 Å². The van der Waals surface area contributed by atoms with Gasteiger partial charge in [0.15, 0.2) is 0 Å².